The fourth-order valence-electron chi connectivity index (χ4n) is 2.64. The Morgan fingerprint density at radius 3 is 2.40 bits per heavy atom. The Morgan fingerprint density at radius 2 is 1.76 bits per heavy atom. The number of hydrogen-bond acceptors (Lipinski definition) is 5. The molecule has 0 aliphatic carbocycles. The number of ether oxygens (including phenoxy) is 3. The van der Waals surface area contributed by atoms with Crippen molar-refractivity contribution in [3.05, 3.63) is 53.6 Å². The number of rotatable bonds is 10. The van der Waals surface area contributed by atoms with Crippen molar-refractivity contribution in [2.45, 2.75) is 26.4 Å². The summed E-state index contributed by atoms with van der Waals surface area (Å²) in [6, 6.07) is 13.8. The average Bonchev–Trinajstić information content (AvgIpc) is 2.60. The minimum absolute atomic E-state index is 0.126. The average molecular weight is 344 g/mol. The maximum atomic E-state index is 6.16. The van der Waals surface area contributed by atoms with Gasteiger partial charge in [0.05, 0.1) is 19.9 Å². The minimum Gasteiger partial charge on any atom is -0.496 e. The summed E-state index contributed by atoms with van der Waals surface area (Å²) >= 11 is 0. The molecule has 0 amide bonds. The molecule has 0 aromatic heterocycles. The van der Waals surface area contributed by atoms with Crippen molar-refractivity contribution >= 4 is 0 Å². The number of benzene rings is 2. The lowest BCUT2D eigenvalue weighted by atomic mass is 10.1. The van der Waals surface area contributed by atoms with Gasteiger partial charge in [0.2, 0.25) is 0 Å². The van der Waals surface area contributed by atoms with Gasteiger partial charge >= 0.3 is 0 Å². The van der Waals surface area contributed by atoms with E-state index in [-0.39, 0.29) is 6.17 Å². The summed E-state index contributed by atoms with van der Waals surface area (Å²) in [4.78, 5) is 0. The van der Waals surface area contributed by atoms with Crippen LogP contribution in [0.4, 0.5) is 0 Å². The van der Waals surface area contributed by atoms with Gasteiger partial charge in [0.25, 0.3) is 0 Å². The first-order valence-corrected chi connectivity index (χ1v) is 8.61. The van der Waals surface area contributed by atoms with Gasteiger partial charge in [-0.2, -0.15) is 0 Å². The summed E-state index contributed by atoms with van der Waals surface area (Å²) in [7, 11) is 1.68. The standard InChI is InChI=1S/C20H28N2O3/c1-4-24-18-7-5-6-8-19(18)25-12-11-22-20(21)14-16-9-10-17(23-3)15(2)13-16/h5-10,13,20,22H,4,11-12,14,21H2,1-3H3/t20-/m0/s1. The maximum absolute atomic E-state index is 6.16. The zero-order valence-corrected chi connectivity index (χ0v) is 15.2. The van der Waals surface area contributed by atoms with Gasteiger partial charge in [-0.05, 0) is 43.2 Å². The van der Waals surface area contributed by atoms with E-state index in [1.807, 2.05) is 50.2 Å². The molecule has 0 saturated heterocycles. The predicted molar refractivity (Wildman–Crippen MR) is 101 cm³/mol. The van der Waals surface area contributed by atoms with Crippen molar-refractivity contribution < 1.29 is 14.2 Å². The van der Waals surface area contributed by atoms with Gasteiger partial charge in [-0.3, -0.25) is 5.32 Å². The Hall–Kier alpha value is -2.24. The summed E-state index contributed by atoms with van der Waals surface area (Å²) in [5.41, 5.74) is 8.46. The van der Waals surface area contributed by atoms with E-state index in [0.717, 1.165) is 29.2 Å². The molecule has 0 aliphatic rings. The van der Waals surface area contributed by atoms with Crippen LogP contribution in [0.1, 0.15) is 18.1 Å². The fourth-order valence-corrected chi connectivity index (χ4v) is 2.64. The molecule has 0 aliphatic heterocycles. The topological polar surface area (TPSA) is 65.7 Å². The third-order valence-corrected chi connectivity index (χ3v) is 3.83. The van der Waals surface area contributed by atoms with Crippen LogP contribution in [0.25, 0.3) is 0 Å². The lowest BCUT2D eigenvalue weighted by Crippen LogP contribution is -2.41. The minimum atomic E-state index is -0.126. The van der Waals surface area contributed by atoms with Gasteiger partial charge in [-0.25, -0.2) is 0 Å². The van der Waals surface area contributed by atoms with Crippen molar-refractivity contribution in [1.29, 1.82) is 0 Å². The highest BCUT2D eigenvalue weighted by molar-refractivity contribution is 5.39. The van der Waals surface area contributed by atoms with E-state index < -0.39 is 0 Å². The molecule has 2 aromatic rings. The zero-order valence-electron chi connectivity index (χ0n) is 15.2. The van der Waals surface area contributed by atoms with Gasteiger partial charge in [0.1, 0.15) is 12.4 Å². The first-order valence-electron chi connectivity index (χ1n) is 8.61. The molecule has 25 heavy (non-hydrogen) atoms. The Labute approximate surface area is 150 Å². The summed E-state index contributed by atoms with van der Waals surface area (Å²) in [5.74, 6) is 2.42. The molecule has 0 heterocycles. The zero-order chi connectivity index (χ0) is 18.1. The molecule has 3 N–H and O–H groups in total. The van der Waals surface area contributed by atoms with Gasteiger partial charge < -0.3 is 19.9 Å². The largest absolute Gasteiger partial charge is 0.496 e. The van der Waals surface area contributed by atoms with E-state index in [4.69, 9.17) is 19.9 Å². The molecule has 5 nitrogen and oxygen atoms in total. The monoisotopic (exact) mass is 344 g/mol. The summed E-state index contributed by atoms with van der Waals surface area (Å²) in [5, 5.41) is 3.28. The first kappa shape index (κ1) is 19.1. The quantitative estimate of drug-likeness (QED) is 0.512. The molecule has 2 aromatic carbocycles. The van der Waals surface area contributed by atoms with E-state index in [1.54, 1.807) is 7.11 Å². The summed E-state index contributed by atoms with van der Waals surface area (Å²) in [6.07, 6.45) is 0.624. The highest BCUT2D eigenvalue weighted by Gasteiger charge is 2.07. The molecule has 0 unspecified atom stereocenters. The number of hydrogen-bond donors (Lipinski definition) is 2. The van der Waals surface area contributed by atoms with E-state index in [0.29, 0.717) is 19.8 Å². The molecule has 0 saturated carbocycles. The second-order valence-corrected chi connectivity index (χ2v) is 5.80. The van der Waals surface area contributed by atoms with Crippen LogP contribution in [0.15, 0.2) is 42.5 Å². The van der Waals surface area contributed by atoms with Gasteiger partial charge in [-0.1, -0.05) is 24.3 Å². The highest BCUT2D eigenvalue weighted by Crippen LogP contribution is 2.26. The third kappa shape index (κ3) is 5.96. The second kappa shape index (κ2) is 9.91. The predicted octanol–water partition coefficient (Wildman–Crippen LogP) is 2.90. The Morgan fingerprint density at radius 1 is 1.04 bits per heavy atom. The molecule has 0 spiro atoms. The molecule has 0 radical (unpaired) electrons. The molecular formula is C20H28N2O3. The van der Waals surface area contributed by atoms with Crippen LogP contribution < -0.4 is 25.3 Å². The van der Waals surface area contributed by atoms with Crippen LogP contribution in [0.2, 0.25) is 0 Å². The molecule has 5 heteroatoms. The Kier molecular flexibility index (Phi) is 7.57. The van der Waals surface area contributed by atoms with Crippen molar-refractivity contribution in [3.63, 3.8) is 0 Å². The van der Waals surface area contributed by atoms with Gasteiger partial charge in [0.15, 0.2) is 11.5 Å². The summed E-state index contributed by atoms with van der Waals surface area (Å²) in [6.45, 7) is 5.80. The smallest absolute Gasteiger partial charge is 0.161 e. The van der Waals surface area contributed by atoms with Crippen molar-refractivity contribution in [3.8, 4) is 17.2 Å². The fraction of sp³-hybridized carbons (Fsp3) is 0.400. The Balaban J connectivity index is 1.75. The number of para-hydroxylation sites is 2. The SMILES string of the molecule is CCOc1ccccc1OCCN[C@H](N)Cc1ccc(OC)c(C)c1. The maximum Gasteiger partial charge on any atom is 0.161 e. The number of nitrogens with two attached hydrogens (primary N) is 1. The number of aryl methyl sites for hydroxylation is 1. The molecule has 2 rings (SSSR count). The molecular weight excluding hydrogens is 316 g/mol. The third-order valence-electron chi connectivity index (χ3n) is 3.83. The van der Waals surface area contributed by atoms with E-state index in [9.17, 15) is 0 Å². The van der Waals surface area contributed by atoms with Crippen molar-refractivity contribution in [2.24, 2.45) is 5.73 Å². The van der Waals surface area contributed by atoms with Gasteiger partial charge in [-0.15, -0.1) is 0 Å². The van der Waals surface area contributed by atoms with Crippen LogP contribution in [0, 0.1) is 6.92 Å². The van der Waals surface area contributed by atoms with Gasteiger partial charge in [0, 0.05) is 13.0 Å². The van der Waals surface area contributed by atoms with E-state index in [2.05, 4.69) is 11.4 Å². The first-order chi connectivity index (χ1) is 12.1. The number of nitrogens with one attached hydrogen (secondary N) is 1. The lowest BCUT2D eigenvalue weighted by Gasteiger charge is -2.16. The summed E-state index contributed by atoms with van der Waals surface area (Å²) < 4.78 is 16.6. The molecule has 1 atom stereocenters. The second-order valence-electron chi connectivity index (χ2n) is 5.80. The van der Waals surface area contributed by atoms with Crippen LogP contribution in [-0.2, 0) is 6.42 Å². The van der Waals surface area contributed by atoms with Crippen LogP contribution >= 0.6 is 0 Å². The van der Waals surface area contributed by atoms with Crippen molar-refractivity contribution in [2.75, 3.05) is 26.9 Å². The van der Waals surface area contributed by atoms with E-state index in [1.165, 1.54) is 5.56 Å². The lowest BCUT2D eigenvalue weighted by molar-refractivity contribution is 0.272. The normalized spacial score (nSPS) is 11.8. The Bertz CT molecular complexity index is 661. The van der Waals surface area contributed by atoms with Crippen molar-refractivity contribution in [1.82, 2.24) is 5.32 Å². The van der Waals surface area contributed by atoms with E-state index >= 15 is 0 Å². The molecule has 0 fully saturated rings. The van der Waals surface area contributed by atoms with Crippen LogP contribution in [-0.4, -0.2) is 33.0 Å². The number of methoxy groups -OCH3 is 1. The van der Waals surface area contributed by atoms with Crippen LogP contribution in [0.3, 0.4) is 0 Å². The highest BCUT2D eigenvalue weighted by atomic mass is 16.5. The molecule has 136 valence electrons. The molecule has 0 bridgehead atoms. The van der Waals surface area contributed by atoms with Crippen LogP contribution in [0.5, 0.6) is 17.2 Å².